The molecule has 2 unspecified atom stereocenters. The summed E-state index contributed by atoms with van der Waals surface area (Å²) in [6.07, 6.45) is -0.692. The molecule has 0 bridgehead atoms. The Bertz CT molecular complexity index is 1390. The summed E-state index contributed by atoms with van der Waals surface area (Å²) in [5.74, 6) is -0.853. The van der Waals surface area contributed by atoms with E-state index in [9.17, 15) is 24.6 Å². The van der Waals surface area contributed by atoms with Crippen LogP contribution in [0.1, 0.15) is 54.6 Å². The van der Waals surface area contributed by atoms with Crippen molar-refractivity contribution in [3.05, 3.63) is 88.5 Å². The first-order valence-corrected chi connectivity index (χ1v) is 13.4. The SMILES string of the molecule is Cc1cc(C(C(=O)Nc2c(C)cccc2C)N(C)C(=O)C(Cc2ccc(O)cc2)NC(=O)OC(C)(C)C)ccc1O. The van der Waals surface area contributed by atoms with E-state index in [4.69, 9.17) is 4.74 Å². The maximum Gasteiger partial charge on any atom is 0.408 e. The van der Waals surface area contributed by atoms with Gasteiger partial charge in [-0.25, -0.2) is 4.79 Å². The molecule has 0 aliphatic rings. The normalized spacial score (nSPS) is 12.7. The quantitative estimate of drug-likeness (QED) is 0.296. The Labute approximate surface area is 241 Å². The number of benzene rings is 3. The fourth-order valence-electron chi connectivity index (χ4n) is 4.49. The van der Waals surface area contributed by atoms with Crippen LogP contribution in [0.5, 0.6) is 11.5 Å². The van der Waals surface area contributed by atoms with Gasteiger partial charge >= 0.3 is 6.09 Å². The zero-order valence-electron chi connectivity index (χ0n) is 24.6. The van der Waals surface area contributed by atoms with Gasteiger partial charge in [-0.1, -0.05) is 36.4 Å². The summed E-state index contributed by atoms with van der Waals surface area (Å²) in [6.45, 7) is 10.6. The lowest BCUT2D eigenvalue weighted by molar-refractivity contribution is -0.139. The van der Waals surface area contributed by atoms with E-state index in [2.05, 4.69) is 10.6 Å². The summed E-state index contributed by atoms with van der Waals surface area (Å²) < 4.78 is 5.41. The summed E-state index contributed by atoms with van der Waals surface area (Å²) in [5.41, 5.74) is 3.30. The van der Waals surface area contributed by atoms with Crippen LogP contribution in [0.25, 0.3) is 0 Å². The molecule has 3 rings (SSSR count). The molecule has 0 fully saturated rings. The van der Waals surface area contributed by atoms with Crippen molar-refractivity contribution in [1.29, 1.82) is 0 Å². The fourth-order valence-corrected chi connectivity index (χ4v) is 4.49. The van der Waals surface area contributed by atoms with Gasteiger partial charge in [-0.3, -0.25) is 9.59 Å². The second kappa shape index (κ2) is 12.8. The van der Waals surface area contributed by atoms with Gasteiger partial charge in [-0.15, -0.1) is 0 Å². The zero-order valence-corrected chi connectivity index (χ0v) is 24.6. The predicted molar refractivity (Wildman–Crippen MR) is 158 cm³/mol. The van der Waals surface area contributed by atoms with Crippen molar-refractivity contribution >= 4 is 23.6 Å². The molecule has 0 heterocycles. The molecular formula is C32H39N3O6. The molecule has 3 aromatic carbocycles. The van der Waals surface area contributed by atoms with E-state index in [1.54, 1.807) is 52.0 Å². The molecular weight excluding hydrogens is 522 g/mol. The number of phenols is 2. The Morgan fingerprint density at radius 1 is 0.902 bits per heavy atom. The summed E-state index contributed by atoms with van der Waals surface area (Å²) in [5, 5.41) is 25.5. The average molecular weight is 562 g/mol. The number of carbonyl (C=O) groups is 3. The third-order valence-corrected chi connectivity index (χ3v) is 6.61. The maximum absolute atomic E-state index is 14.0. The Morgan fingerprint density at radius 3 is 2.07 bits per heavy atom. The summed E-state index contributed by atoms with van der Waals surface area (Å²) in [6, 6.07) is 14.5. The molecule has 41 heavy (non-hydrogen) atoms. The standard InChI is InChI=1S/C32H39N3O6/c1-19-9-8-10-20(2)27(19)34-29(38)28(23-13-16-26(37)21(3)17-23)35(7)30(39)25(33-31(40)41-32(4,5)6)18-22-11-14-24(36)15-12-22/h8-17,25,28,36-37H,18H2,1-7H3,(H,33,40)(H,34,38). The number of nitrogens with zero attached hydrogens (tertiary/aromatic N) is 1. The van der Waals surface area contributed by atoms with Gasteiger partial charge in [0.25, 0.3) is 5.91 Å². The molecule has 3 aromatic rings. The van der Waals surface area contributed by atoms with E-state index in [1.807, 2.05) is 32.0 Å². The van der Waals surface area contributed by atoms with Crippen LogP contribution in [0.15, 0.2) is 60.7 Å². The topological polar surface area (TPSA) is 128 Å². The number of alkyl carbamates (subject to hydrolysis) is 1. The Morgan fingerprint density at radius 2 is 1.51 bits per heavy atom. The van der Waals surface area contributed by atoms with Crippen LogP contribution in [-0.4, -0.2) is 51.7 Å². The molecule has 0 saturated carbocycles. The van der Waals surface area contributed by atoms with Crippen molar-refractivity contribution in [2.75, 3.05) is 12.4 Å². The number of hydrogen-bond donors (Lipinski definition) is 4. The highest BCUT2D eigenvalue weighted by Crippen LogP contribution is 2.29. The van der Waals surface area contributed by atoms with Gasteiger partial charge in [0.1, 0.15) is 29.2 Å². The number of nitrogens with one attached hydrogen (secondary N) is 2. The number of phenolic OH excluding ortho intramolecular Hbond substituents is 2. The summed E-state index contributed by atoms with van der Waals surface area (Å²) >= 11 is 0. The third kappa shape index (κ3) is 8.23. The van der Waals surface area contributed by atoms with Crippen LogP contribution in [0.4, 0.5) is 10.5 Å². The number of carbonyl (C=O) groups excluding carboxylic acids is 3. The van der Waals surface area contributed by atoms with Crippen molar-refractivity contribution in [3.8, 4) is 11.5 Å². The molecule has 0 radical (unpaired) electrons. The number of hydrogen-bond acceptors (Lipinski definition) is 6. The minimum Gasteiger partial charge on any atom is -0.508 e. The molecule has 218 valence electrons. The van der Waals surface area contributed by atoms with Crippen molar-refractivity contribution < 1.29 is 29.3 Å². The van der Waals surface area contributed by atoms with Crippen LogP contribution < -0.4 is 10.6 Å². The first-order valence-electron chi connectivity index (χ1n) is 13.4. The van der Waals surface area contributed by atoms with E-state index >= 15 is 0 Å². The van der Waals surface area contributed by atoms with Crippen molar-refractivity contribution in [2.45, 2.75) is 65.6 Å². The van der Waals surface area contributed by atoms with E-state index in [-0.39, 0.29) is 17.9 Å². The number of aryl methyl sites for hydroxylation is 3. The fraction of sp³-hybridized carbons (Fsp3) is 0.344. The first kappa shape index (κ1) is 31.0. The average Bonchev–Trinajstić information content (AvgIpc) is 2.88. The van der Waals surface area contributed by atoms with E-state index in [0.29, 0.717) is 22.4 Å². The molecule has 0 spiro atoms. The number of likely N-dealkylation sites (N-methyl/N-ethyl adjacent to an activating group) is 1. The molecule has 0 aliphatic heterocycles. The van der Waals surface area contributed by atoms with E-state index in [1.165, 1.54) is 30.1 Å². The monoisotopic (exact) mass is 561 g/mol. The number of anilines is 1. The second-order valence-electron chi connectivity index (χ2n) is 11.2. The van der Waals surface area contributed by atoms with Gasteiger partial charge in [0.05, 0.1) is 0 Å². The van der Waals surface area contributed by atoms with Crippen molar-refractivity contribution in [2.24, 2.45) is 0 Å². The van der Waals surface area contributed by atoms with Crippen LogP contribution in [0.3, 0.4) is 0 Å². The largest absolute Gasteiger partial charge is 0.508 e. The van der Waals surface area contributed by atoms with E-state index in [0.717, 1.165) is 11.1 Å². The molecule has 4 N–H and O–H groups in total. The number of rotatable bonds is 8. The molecule has 0 aromatic heterocycles. The number of amides is 3. The van der Waals surface area contributed by atoms with Gasteiger partial charge in [0.2, 0.25) is 5.91 Å². The van der Waals surface area contributed by atoms with Crippen molar-refractivity contribution in [3.63, 3.8) is 0 Å². The van der Waals surface area contributed by atoms with Crippen LogP contribution in [-0.2, 0) is 20.7 Å². The number of ether oxygens (including phenoxy) is 1. The first-order chi connectivity index (χ1) is 19.2. The Hall–Kier alpha value is -4.53. The number of aromatic hydroxyl groups is 2. The minimum atomic E-state index is -1.09. The van der Waals surface area contributed by atoms with Crippen LogP contribution in [0, 0.1) is 20.8 Å². The highest BCUT2D eigenvalue weighted by molar-refractivity contribution is 5.99. The molecule has 2 atom stereocenters. The summed E-state index contributed by atoms with van der Waals surface area (Å²) in [4.78, 5) is 42.0. The van der Waals surface area contributed by atoms with Gasteiger partial charge in [0, 0.05) is 19.2 Å². The van der Waals surface area contributed by atoms with Crippen LogP contribution >= 0.6 is 0 Å². The third-order valence-electron chi connectivity index (χ3n) is 6.61. The van der Waals surface area contributed by atoms with Crippen molar-refractivity contribution in [1.82, 2.24) is 10.2 Å². The van der Waals surface area contributed by atoms with Gasteiger partial charge < -0.3 is 30.5 Å². The van der Waals surface area contributed by atoms with Gasteiger partial charge in [-0.05, 0) is 93.6 Å². The maximum atomic E-state index is 14.0. The Balaban J connectivity index is 2.01. The smallest absolute Gasteiger partial charge is 0.408 e. The van der Waals surface area contributed by atoms with E-state index < -0.39 is 35.6 Å². The van der Waals surface area contributed by atoms with Crippen LogP contribution in [0.2, 0.25) is 0 Å². The second-order valence-corrected chi connectivity index (χ2v) is 11.2. The lowest BCUT2D eigenvalue weighted by Gasteiger charge is -2.32. The van der Waals surface area contributed by atoms with Gasteiger partial charge in [0.15, 0.2) is 0 Å². The highest BCUT2D eigenvalue weighted by Gasteiger charge is 2.35. The minimum absolute atomic E-state index is 0.0634. The highest BCUT2D eigenvalue weighted by atomic mass is 16.6. The molecule has 9 heteroatoms. The molecule has 0 aliphatic carbocycles. The zero-order chi connectivity index (χ0) is 30.5. The number of para-hydroxylation sites is 1. The Kier molecular flexibility index (Phi) is 9.65. The predicted octanol–water partition coefficient (Wildman–Crippen LogP) is 5.30. The summed E-state index contributed by atoms with van der Waals surface area (Å²) in [7, 11) is 1.50. The van der Waals surface area contributed by atoms with Gasteiger partial charge in [-0.2, -0.15) is 0 Å². The molecule has 3 amide bonds. The lowest BCUT2D eigenvalue weighted by Crippen LogP contribution is -2.52. The lowest BCUT2D eigenvalue weighted by atomic mass is 9.99. The molecule has 0 saturated heterocycles. The molecule has 9 nitrogen and oxygen atoms in total.